The zero-order chi connectivity index (χ0) is 15.3. The van der Waals surface area contributed by atoms with E-state index in [4.69, 9.17) is 4.74 Å². The van der Waals surface area contributed by atoms with Crippen LogP contribution < -0.4 is 0 Å². The molecule has 22 heavy (non-hydrogen) atoms. The van der Waals surface area contributed by atoms with Gasteiger partial charge in [-0.2, -0.15) is 0 Å². The molecular weight excluding hydrogens is 276 g/mol. The van der Waals surface area contributed by atoms with Crippen LogP contribution in [0.2, 0.25) is 0 Å². The molecule has 3 heteroatoms. The average Bonchev–Trinajstić information content (AvgIpc) is 3.24. The van der Waals surface area contributed by atoms with Gasteiger partial charge in [0.05, 0.1) is 6.10 Å². The lowest BCUT2D eigenvalue weighted by Crippen LogP contribution is -2.56. The third kappa shape index (κ3) is 1.43. The number of hydrogen-bond acceptors (Lipinski definition) is 3. The van der Waals surface area contributed by atoms with Crippen molar-refractivity contribution in [2.45, 2.75) is 71.0 Å². The Balaban J connectivity index is 1.51. The van der Waals surface area contributed by atoms with Gasteiger partial charge in [0.2, 0.25) is 0 Å². The van der Waals surface area contributed by atoms with Crippen molar-refractivity contribution in [3.05, 3.63) is 0 Å². The number of ether oxygens (including phenoxy) is 1. The smallest absolute Gasteiger partial charge is 0.164 e. The lowest BCUT2D eigenvalue weighted by atomic mass is 9.45. The van der Waals surface area contributed by atoms with E-state index in [1.165, 1.54) is 6.42 Å². The van der Waals surface area contributed by atoms with Crippen LogP contribution in [0.15, 0.2) is 0 Å². The summed E-state index contributed by atoms with van der Waals surface area (Å²) in [6.45, 7) is 4.64. The number of Topliss-reactive ketones (excluding diaryl/α,β-unsaturated/α-hetero) is 2. The summed E-state index contributed by atoms with van der Waals surface area (Å²) in [7, 11) is 0. The van der Waals surface area contributed by atoms with Gasteiger partial charge < -0.3 is 4.74 Å². The number of carbonyl (C=O) groups is 2. The first kappa shape index (κ1) is 13.7. The van der Waals surface area contributed by atoms with Crippen LogP contribution in [0, 0.1) is 34.5 Å². The number of epoxide rings is 1. The summed E-state index contributed by atoms with van der Waals surface area (Å²) in [5, 5.41) is 0. The highest BCUT2D eigenvalue weighted by atomic mass is 16.6. The number of fused-ring (bicyclic) bond motifs is 7. The van der Waals surface area contributed by atoms with Gasteiger partial charge in [-0.3, -0.25) is 9.59 Å². The van der Waals surface area contributed by atoms with Crippen molar-refractivity contribution in [1.29, 1.82) is 0 Å². The van der Waals surface area contributed by atoms with E-state index in [0.717, 1.165) is 38.5 Å². The largest absolute Gasteiger partial charge is 0.361 e. The van der Waals surface area contributed by atoms with Crippen molar-refractivity contribution >= 4 is 11.6 Å². The normalized spacial score (nSPS) is 59.4. The maximum atomic E-state index is 12.4. The lowest BCUT2D eigenvalue weighted by Gasteiger charge is -2.58. The SMILES string of the molecule is C[C@]12[C@H](CC[C@H]3[C@H]1CC[C@]1(C)C(=O)CC[C@@H]31)CC(=O)[C@@H]1O[C@@H]12. The number of carbonyl (C=O) groups excluding carboxylic acids is 2. The van der Waals surface area contributed by atoms with Gasteiger partial charge in [0.1, 0.15) is 11.9 Å². The second-order valence-corrected chi connectivity index (χ2v) is 9.08. The predicted octanol–water partition coefficient (Wildman–Crippen LogP) is 3.15. The van der Waals surface area contributed by atoms with Crippen LogP contribution >= 0.6 is 0 Å². The molecule has 0 bridgehead atoms. The fraction of sp³-hybridized carbons (Fsp3) is 0.895. The Bertz CT molecular complexity index is 569. The molecule has 8 atom stereocenters. The Morgan fingerprint density at radius 1 is 1.05 bits per heavy atom. The van der Waals surface area contributed by atoms with Crippen LogP contribution in [0.4, 0.5) is 0 Å². The molecule has 0 N–H and O–H groups in total. The fourth-order valence-electron chi connectivity index (χ4n) is 7.20. The molecule has 0 aromatic heterocycles. The minimum atomic E-state index is -0.0847. The van der Waals surface area contributed by atoms with E-state index >= 15 is 0 Å². The average molecular weight is 302 g/mol. The van der Waals surface area contributed by atoms with Crippen LogP contribution in [0.1, 0.15) is 58.8 Å². The molecule has 1 heterocycles. The van der Waals surface area contributed by atoms with Gasteiger partial charge in [-0.15, -0.1) is 0 Å². The molecule has 1 saturated heterocycles. The van der Waals surface area contributed by atoms with Crippen molar-refractivity contribution in [3.8, 4) is 0 Å². The van der Waals surface area contributed by atoms with E-state index in [1.807, 2.05) is 0 Å². The topological polar surface area (TPSA) is 46.7 Å². The Morgan fingerprint density at radius 2 is 1.86 bits per heavy atom. The van der Waals surface area contributed by atoms with Crippen molar-refractivity contribution in [3.63, 3.8) is 0 Å². The molecule has 120 valence electrons. The Hall–Kier alpha value is -0.700. The monoisotopic (exact) mass is 302 g/mol. The van der Waals surface area contributed by atoms with Crippen molar-refractivity contribution in [2.75, 3.05) is 0 Å². The zero-order valence-corrected chi connectivity index (χ0v) is 13.6. The molecule has 4 aliphatic carbocycles. The highest BCUT2D eigenvalue weighted by Crippen LogP contribution is 2.67. The molecular formula is C19H26O3. The van der Waals surface area contributed by atoms with Crippen molar-refractivity contribution < 1.29 is 14.3 Å². The highest BCUT2D eigenvalue weighted by molar-refractivity contribution is 5.88. The number of hydrogen-bond donors (Lipinski definition) is 0. The van der Waals surface area contributed by atoms with Crippen LogP contribution in [-0.2, 0) is 14.3 Å². The number of rotatable bonds is 0. The standard InChI is InChI=1S/C19H26O3/c1-18-8-7-13-11(12(18)5-6-15(18)21)4-3-10-9-14(20)16-17(22-16)19(10,13)2/h10-13,16-17H,3-9H2,1-2H3/t10-,11-,12+,13-,16+,17+,18+,19+/m1/s1. The first-order valence-electron chi connectivity index (χ1n) is 9.17. The molecule has 5 rings (SSSR count). The lowest BCUT2D eigenvalue weighted by molar-refractivity contribution is -0.141. The highest BCUT2D eigenvalue weighted by Gasteiger charge is 2.69. The molecule has 5 aliphatic rings. The van der Waals surface area contributed by atoms with Gasteiger partial charge in [-0.1, -0.05) is 13.8 Å². The minimum Gasteiger partial charge on any atom is -0.361 e. The summed E-state index contributed by atoms with van der Waals surface area (Å²) < 4.78 is 5.85. The van der Waals surface area contributed by atoms with E-state index in [0.29, 0.717) is 35.2 Å². The van der Waals surface area contributed by atoms with E-state index in [2.05, 4.69) is 13.8 Å². The maximum absolute atomic E-state index is 12.4. The van der Waals surface area contributed by atoms with Gasteiger partial charge in [0.15, 0.2) is 5.78 Å². The summed E-state index contributed by atoms with van der Waals surface area (Å²) in [5.74, 6) is 3.32. The van der Waals surface area contributed by atoms with Crippen molar-refractivity contribution in [1.82, 2.24) is 0 Å². The first-order chi connectivity index (χ1) is 10.5. The summed E-state index contributed by atoms with van der Waals surface area (Å²) in [5.41, 5.74) is 0.146. The molecule has 0 spiro atoms. The molecule has 0 unspecified atom stereocenters. The predicted molar refractivity (Wildman–Crippen MR) is 81.2 cm³/mol. The summed E-state index contributed by atoms with van der Waals surface area (Å²) in [6, 6.07) is 0. The van der Waals surface area contributed by atoms with Gasteiger partial charge in [-0.05, 0) is 55.8 Å². The van der Waals surface area contributed by atoms with Gasteiger partial charge in [0, 0.05) is 23.7 Å². The van der Waals surface area contributed by atoms with Crippen LogP contribution in [-0.4, -0.2) is 23.8 Å². The summed E-state index contributed by atoms with van der Waals surface area (Å²) in [4.78, 5) is 24.5. The zero-order valence-electron chi connectivity index (χ0n) is 13.6. The molecule has 0 aromatic rings. The van der Waals surface area contributed by atoms with Gasteiger partial charge in [0.25, 0.3) is 0 Å². The van der Waals surface area contributed by atoms with Gasteiger partial charge in [-0.25, -0.2) is 0 Å². The maximum Gasteiger partial charge on any atom is 0.164 e. The van der Waals surface area contributed by atoms with E-state index < -0.39 is 0 Å². The summed E-state index contributed by atoms with van der Waals surface area (Å²) >= 11 is 0. The number of ketones is 2. The third-order valence-corrected chi connectivity index (χ3v) is 8.54. The van der Waals surface area contributed by atoms with Crippen molar-refractivity contribution in [2.24, 2.45) is 34.5 Å². The van der Waals surface area contributed by atoms with E-state index in [-0.39, 0.29) is 23.0 Å². The minimum absolute atomic E-state index is 0.0430. The van der Waals surface area contributed by atoms with E-state index in [1.54, 1.807) is 0 Å². The fourth-order valence-corrected chi connectivity index (χ4v) is 7.20. The molecule has 0 amide bonds. The summed E-state index contributed by atoms with van der Waals surface area (Å²) in [6.07, 6.45) is 7.35. The molecule has 1 aliphatic heterocycles. The quantitative estimate of drug-likeness (QED) is 0.646. The van der Waals surface area contributed by atoms with Crippen LogP contribution in [0.5, 0.6) is 0 Å². The van der Waals surface area contributed by atoms with Crippen LogP contribution in [0.3, 0.4) is 0 Å². The second-order valence-electron chi connectivity index (χ2n) is 9.08. The molecule has 0 aromatic carbocycles. The second kappa shape index (κ2) is 4.03. The molecule has 5 fully saturated rings. The van der Waals surface area contributed by atoms with Gasteiger partial charge >= 0.3 is 0 Å². The third-order valence-electron chi connectivity index (χ3n) is 8.54. The van der Waals surface area contributed by atoms with Crippen LogP contribution in [0.25, 0.3) is 0 Å². The first-order valence-corrected chi connectivity index (χ1v) is 9.17. The molecule has 4 saturated carbocycles. The molecule has 0 radical (unpaired) electrons. The Kier molecular flexibility index (Phi) is 2.51. The Morgan fingerprint density at radius 3 is 2.68 bits per heavy atom. The Labute approximate surface area is 132 Å². The molecule has 3 nitrogen and oxygen atoms in total. The van der Waals surface area contributed by atoms with E-state index in [9.17, 15) is 9.59 Å².